The first-order chi connectivity index (χ1) is 5.65. The van der Waals surface area contributed by atoms with Gasteiger partial charge in [0.15, 0.2) is 0 Å². The molecule has 0 aromatic heterocycles. The number of benzene rings is 1. The van der Waals surface area contributed by atoms with E-state index in [2.05, 4.69) is 17.2 Å². The van der Waals surface area contributed by atoms with Gasteiger partial charge in [-0.3, -0.25) is 5.43 Å². The molecule has 0 amide bonds. The smallest absolute Gasteiger partial charge is 0.129 e. The molecule has 12 heavy (non-hydrogen) atoms. The highest BCUT2D eigenvalue weighted by atomic mass is 19.1. The SMILES string of the molecule is C=NNc1cc(C)c(F)c(C)c1. The van der Waals surface area contributed by atoms with E-state index in [0.29, 0.717) is 11.1 Å². The second-order valence-corrected chi connectivity index (χ2v) is 2.69. The first-order valence-electron chi connectivity index (χ1n) is 3.63. The van der Waals surface area contributed by atoms with Crippen molar-refractivity contribution < 1.29 is 4.39 Å². The van der Waals surface area contributed by atoms with Crippen LogP contribution < -0.4 is 5.43 Å². The van der Waals surface area contributed by atoms with E-state index in [1.165, 1.54) is 0 Å². The average molecular weight is 166 g/mol. The largest absolute Gasteiger partial charge is 0.279 e. The number of anilines is 1. The van der Waals surface area contributed by atoms with Crippen LogP contribution in [0, 0.1) is 19.7 Å². The van der Waals surface area contributed by atoms with Crippen LogP contribution in [0.25, 0.3) is 0 Å². The molecule has 0 saturated heterocycles. The minimum atomic E-state index is -0.162. The van der Waals surface area contributed by atoms with Crippen molar-refractivity contribution in [2.24, 2.45) is 5.10 Å². The summed E-state index contributed by atoms with van der Waals surface area (Å²) in [7, 11) is 0. The van der Waals surface area contributed by atoms with Crippen molar-refractivity contribution in [3.63, 3.8) is 0 Å². The zero-order valence-corrected chi connectivity index (χ0v) is 7.19. The van der Waals surface area contributed by atoms with E-state index >= 15 is 0 Å². The topological polar surface area (TPSA) is 24.4 Å². The summed E-state index contributed by atoms with van der Waals surface area (Å²) in [6.45, 7) is 6.72. The molecule has 0 aliphatic rings. The number of halogens is 1. The highest BCUT2D eigenvalue weighted by molar-refractivity contribution is 5.49. The minimum absolute atomic E-state index is 0.162. The highest BCUT2D eigenvalue weighted by Gasteiger charge is 2.02. The first-order valence-corrected chi connectivity index (χ1v) is 3.63. The van der Waals surface area contributed by atoms with Crippen LogP contribution in [0.5, 0.6) is 0 Å². The van der Waals surface area contributed by atoms with Crippen molar-refractivity contribution in [1.82, 2.24) is 0 Å². The zero-order chi connectivity index (χ0) is 9.14. The molecular weight excluding hydrogens is 155 g/mol. The Hall–Kier alpha value is -1.38. The van der Waals surface area contributed by atoms with E-state index in [9.17, 15) is 4.39 Å². The third kappa shape index (κ3) is 1.61. The van der Waals surface area contributed by atoms with Gasteiger partial charge in [-0.05, 0) is 37.1 Å². The molecular formula is C9H11FN2. The molecule has 0 radical (unpaired) electrons. The average Bonchev–Trinajstić information content (AvgIpc) is 2.01. The summed E-state index contributed by atoms with van der Waals surface area (Å²) in [5.74, 6) is -0.162. The molecule has 0 spiro atoms. The summed E-state index contributed by atoms with van der Waals surface area (Å²) in [6.07, 6.45) is 0. The fourth-order valence-electron chi connectivity index (χ4n) is 1.10. The summed E-state index contributed by atoms with van der Waals surface area (Å²) in [5.41, 5.74) is 4.65. The molecule has 64 valence electrons. The molecule has 0 fully saturated rings. The standard InChI is InChI=1S/C9H11FN2/c1-6-4-8(12-11-3)5-7(2)9(6)10/h4-5,12H,3H2,1-2H3. The van der Waals surface area contributed by atoms with Crippen LogP contribution >= 0.6 is 0 Å². The van der Waals surface area contributed by atoms with Crippen molar-refractivity contribution in [3.8, 4) is 0 Å². The van der Waals surface area contributed by atoms with Gasteiger partial charge in [-0.2, -0.15) is 5.10 Å². The molecule has 0 atom stereocenters. The Morgan fingerprint density at radius 1 is 1.33 bits per heavy atom. The van der Waals surface area contributed by atoms with Gasteiger partial charge in [0.25, 0.3) is 0 Å². The van der Waals surface area contributed by atoms with E-state index in [-0.39, 0.29) is 5.82 Å². The maximum atomic E-state index is 13.1. The van der Waals surface area contributed by atoms with Crippen LogP contribution in [-0.2, 0) is 0 Å². The van der Waals surface area contributed by atoms with Crippen molar-refractivity contribution in [2.75, 3.05) is 5.43 Å². The third-order valence-corrected chi connectivity index (χ3v) is 1.64. The lowest BCUT2D eigenvalue weighted by atomic mass is 10.1. The Morgan fingerprint density at radius 2 is 1.83 bits per heavy atom. The van der Waals surface area contributed by atoms with Gasteiger partial charge in [0, 0.05) is 6.72 Å². The van der Waals surface area contributed by atoms with Gasteiger partial charge in [-0.1, -0.05) is 0 Å². The molecule has 1 aromatic rings. The Labute approximate surface area is 71.1 Å². The number of hydrogen-bond donors (Lipinski definition) is 1. The summed E-state index contributed by atoms with van der Waals surface area (Å²) >= 11 is 0. The van der Waals surface area contributed by atoms with E-state index < -0.39 is 0 Å². The molecule has 3 heteroatoms. The number of rotatable bonds is 2. The van der Waals surface area contributed by atoms with Crippen LogP contribution in [-0.4, -0.2) is 6.72 Å². The summed E-state index contributed by atoms with van der Waals surface area (Å²) in [6, 6.07) is 3.38. The number of nitrogens with zero attached hydrogens (tertiary/aromatic N) is 1. The maximum absolute atomic E-state index is 13.1. The normalized spacial score (nSPS) is 9.58. The van der Waals surface area contributed by atoms with Crippen LogP contribution in [0.4, 0.5) is 10.1 Å². The molecule has 1 rings (SSSR count). The van der Waals surface area contributed by atoms with E-state index in [1.807, 2.05) is 0 Å². The van der Waals surface area contributed by atoms with Gasteiger partial charge < -0.3 is 0 Å². The number of nitrogens with one attached hydrogen (secondary N) is 1. The predicted octanol–water partition coefficient (Wildman–Crippen LogP) is 2.47. The van der Waals surface area contributed by atoms with Crippen molar-refractivity contribution in [1.29, 1.82) is 0 Å². The lowest BCUT2D eigenvalue weighted by molar-refractivity contribution is 0.609. The highest BCUT2D eigenvalue weighted by Crippen LogP contribution is 2.17. The van der Waals surface area contributed by atoms with E-state index in [0.717, 1.165) is 5.69 Å². The van der Waals surface area contributed by atoms with E-state index in [4.69, 9.17) is 0 Å². The summed E-state index contributed by atoms with van der Waals surface area (Å²) < 4.78 is 13.1. The van der Waals surface area contributed by atoms with Crippen molar-refractivity contribution in [2.45, 2.75) is 13.8 Å². The van der Waals surface area contributed by atoms with E-state index in [1.54, 1.807) is 26.0 Å². The predicted molar refractivity (Wildman–Crippen MR) is 49.0 cm³/mol. The molecule has 1 N–H and O–H groups in total. The molecule has 0 bridgehead atoms. The zero-order valence-electron chi connectivity index (χ0n) is 7.19. The second-order valence-electron chi connectivity index (χ2n) is 2.69. The molecule has 0 aliphatic carbocycles. The fourth-order valence-corrected chi connectivity index (χ4v) is 1.10. The Balaban J connectivity index is 3.11. The Kier molecular flexibility index (Phi) is 2.43. The third-order valence-electron chi connectivity index (χ3n) is 1.64. The lowest BCUT2D eigenvalue weighted by Gasteiger charge is -2.04. The quantitative estimate of drug-likeness (QED) is 0.529. The van der Waals surface area contributed by atoms with Gasteiger partial charge in [-0.15, -0.1) is 0 Å². The Bertz CT molecular complexity index is 284. The first kappa shape index (κ1) is 8.71. The van der Waals surface area contributed by atoms with Gasteiger partial charge >= 0.3 is 0 Å². The van der Waals surface area contributed by atoms with Crippen LogP contribution in [0.2, 0.25) is 0 Å². The van der Waals surface area contributed by atoms with Crippen LogP contribution in [0.3, 0.4) is 0 Å². The molecule has 2 nitrogen and oxygen atoms in total. The molecule has 1 aromatic carbocycles. The van der Waals surface area contributed by atoms with Gasteiger partial charge in [0.05, 0.1) is 5.69 Å². The number of hydrazone groups is 1. The lowest BCUT2D eigenvalue weighted by Crippen LogP contribution is -1.92. The monoisotopic (exact) mass is 166 g/mol. The Morgan fingerprint density at radius 3 is 2.25 bits per heavy atom. The van der Waals surface area contributed by atoms with Crippen molar-refractivity contribution >= 4 is 12.4 Å². The molecule has 0 heterocycles. The summed E-state index contributed by atoms with van der Waals surface area (Å²) in [4.78, 5) is 0. The van der Waals surface area contributed by atoms with Gasteiger partial charge in [0.1, 0.15) is 5.82 Å². The second kappa shape index (κ2) is 3.34. The van der Waals surface area contributed by atoms with Gasteiger partial charge in [0.2, 0.25) is 0 Å². The fraction of sp³-hybridized carbons (Fsp3) is 0.222. The van der Waals surface area contributed by atoms with Crippen LogP contribution in [0.1, 0.15) is 11.1 Å². The summed E-state index contributed by atoms with van der Waals surface area (Å²) in [5, 5.41) is 3.50. The number of hydrogen-bond acceptors (Lipinski definition) is 2. The van der Waals surface area contributed by atoms with Crippen molar-refractivity contribution in [3.05, 3.63) is 29.1 Å². The minimum Gasteiger partial charge on any atom is -0.279 e. The molecule has 0 unspecified atom stereocenters. The molecule has 0 aliphatic heterocycles. The van der Waals surface area contributed by atoms with Gasteiger partial charge in [-0.25, -0.2) is 4.39 Å². The van der Waals surface area contributed by atoms with Crippen LogP contribution in [0.15, 0.2) is 17.2 Å². The molecule has 0 saturated carbocycles. The number of aryl methyl sites for hydroxylation is 2. The maximum Gasteiger partial charge on any atom is 0.129 e.